The molecule has 1 fully saturated rings. The van der Waals surface area contributed by atoms with Gasteiger partial charge >= 0.3 is 0 Å². The van der Waals surface area contributed by atoms with Gasteiger partial charge in [-0.2, -0.15) is 4.31 Å². The number of hydrogen-bond acceptors (Lipinski definition) is 7. The number of nitrogens with one attached hydrogen (secondary N) is 1. The molecule has 172 valence electrons. The van der Waals surface area contributed by atoms with E-state index in [-0.39, 0.29) is 22.0 Å². The maximum Gasteiger partial charge on any atom is 0.286 e. The molecule has 0 radical (unpaired) electrons. The number of benzene rings is 2. The number of carbonyl (C=O) groups excluding carboxylic acids is 1. The lowest BCUT2D eigenvalue weighted by Gasteiger charge is -2.30. The average Bonchev–Trinajstić information content (AvgIpc) is 2.78. The van der Waals surface area contributed by atoms with Crippen LogP contribution in [0.3, 0.4) is 0 Å². The van der Waals surface area contributed by atoms with Gasteiger partial charge in [-0.05, 0) is 43.0 Å². The van der Waals surface area contributed by atoms with Crippen molar-refractivity contribution in [2.75, 3.05) is 32.6 Å². The number of ether oxygens (including phenoxy) is 2. The molecule has 1 heterocycles. The van der Waals surface area contributed by atoms with E-state index < -0.39 is 26.5 Å². The Labute approximate surface area is 186 Å². The summed E-state index contributed by atoms with van der Waals surface area (Å²) >= 11 is 0. The molecule has 2 aromatic carbocycles. The van der Waals surface area contributed by atoms with E-state index in [1.165, 1.54) is 48.9 Å². The minimum atomic E-state index is -3.63. The quantitative estimate of drug-likeness (QED) is 0.493. The molecule has 0 aliphatic carbocycles. The highest BCUT2D eigenvalue weighted by molar-refractivity contribution is 7.89. The Balaban J connectivity index is 1.83. The maximum atomic E-state index is 12.9. The van der Waals surface area contributed by atoms with Gasteiger partial charge in [-0.1, -0.05) is 6.92 Å². The fourth-order valence-electron chi connectivity index (χ4n) is 3.62. The minimum absolute atomic E-state index is 0.123. The zero-order valence-electron chi connectivity index (χ0n) is 18.0. The lowest BCUT2D eigenvalue weighted by atomic mass is 10.0. The summed E-state index contributed by atoms with van der Waals surface area (Å²) in [6.45, 7) is 2.98. The molecule has 2 aromatic rings. The standard InChI is InChI=1S/C21H25N3O7S/c1-14-5-4-10-23(13-14)32(28,29)16-8-6-15(7-9-16)22-21(25)17-11-19(30-2)20(31-3)12-18(17)24(26)27/h6-9,11-12,14H,4-5,10,13H2,1-3H3,(H,22,25). The largest absolute Gasteiger partial charge is 0.493 e. The van der Waals surface area contributed by atoms with Crippen molar-refractivity contribution in [3.05, 3.63) is 52.1 Å². The van der Waals surface area contributed by atoms with Gasteiger partial charge in [0.2, 0.25) is 10.0 Å². The van der Waals surface area contributed by atoms with Crippen LogP contribution in [0.1, 0.15) is 30.1 Å². The van der Waals surface area contributed by atoms with Crippen LogP contribution in [0.2, 0.25) is 0 Å². The Morgan fingerprint density at radius 1 is 1.16 bits per heavy atom. The van der Waals surface area contributed by atoms with E-state index in [1.54, 1.807) is 0 Å². The van der Waals surface area contributed by atoms with Gasteiger partial charge in [-0.15, -0.1) is 0 Å². The molecule has 1 unspecified atom stereocenters. The molecule has 1 atom stereocenters. The Morgan fingerprint density at radius 3 is 2.34 bits per heavy atom. The van der Waals surface area contributed by atoms with Gasteiger partial charge in [0.05, 0.1) is 30.1 Å². The maximum absolute atomic E-state index is 12.9. The normalized spacial score (nSPS) is 16.9. The second kappa shape index (κ2) is 9.53. The number of nitro benzene ring substituents is 1. The van der Waals surface area contributed by atoms with Gasteiger partial charge in [-0.3, -0.25) is 14.9 Å². The third-order valence-corrected chi connectivity index (χ3v) is 7.19. The number of rotatable bonds is 7. The zero-order valence-corrected chi connectivity index (χ0v) is 18.8. The highest BCUT2D eigenvalue weighted by Crippen LogP contribution is 2.35. The first-order valence-corrected chi connectivity index (χ1v) is 11.4. The van der Waals surface area contributed by atoms with E-state index >= 15 is 0 Å². The van der Waals surface area contributed by atoms with Crippen molar-refractivity contribution in [2.45, 2.75) is 24.7 Å². The summed E-state index contributed by atoms with van der Waals surface area (Å²) in [6, 6.07) is 8.06. The summed E-state index contributed by atoms with van der Waals surface area (Å²) in [7, 11) is -0.937. The number of anilines is 1. The van der Waals surface area contributed by atoms with Crippen molar-refractivity contribution < 1.29 is 27.6 Å². The fraction of sp³-hybridized carbons (Fsp3) is 0.381. The Hall–Kier alpha value is -3.18. The van der Waals surface area contributed by atoms with Gasteiger partial charge in [0.25, 0.3) is 11.6 Å². The monoisotopic (exact) mass is 463 g/mol. The van der Waals surface area contributed by atoms with E-state index in [0.29, 0.717) is 24.7 Å². The van der Waals surface area contributed by atoms with Gasteiger partial charge in [-0.25, -0.2) is 8.42 Å². The molecule has 3 rings (SSSR count). The molecule has 1 amide bonds. The predicted octanol–water partition coefficient (Wildman–Crippen LogP) is 3.28. The smallest absolute Gasteiger partial charge is 0.286 e. The number of piperidine rings is 1. The first kappa shape index (κ1) is 23.5. The predicted molar refractivity (Wildman–Crippen MR) is 118 cm³/mol. The minimum Gasteiger partial charge on any atom is -0.493 e. The van der Waals surface area contributed by atoms with Crippen LogP contribution in [-0.2, 0) is 10.0 Å². The molecule has 1 saturated heterocycles. The molecular weight excluding hydrogens is 438 g/mol. The molecule has 32 heavy (non-hydrogen) atoms. The SMILES string of the molecule is COc1cc(C(=O)Nc2ccc(S(=O)(=O)N3CCCC(C)C3)cc2)c([N+](=O)[O-])cc1OC. The summed E-state index contributed by atoms with van der Waals surface area (Å²) in [5.74, 6) is -0.148. The van der Waals surface area contributed by atoms with Crippen molar-refractivity contribution in [3.8, 4) is 11.5 Å². The molecule has 0 bridgehead atoms. The second-order valence-electron chi connectivity index (χ2n) is 7.57. The third-order valence-electron chi connectivity index (χ3n) is 5.31. The number of nitro groups is 1. The number of hydrogen-bond donors (Lipinski definition) is 1. The first-order chi connectivity index (χ1) is 15.2. The lowest BCUT2D eigenvalue weighted by Crippen LogP contribution is -2.39. The summed E-state index contributed by atoms with van der Waals surface area (Å²) in [4.78, 5) is 23.6. The van der Waals surface area contributed by atoms with E-state index in [9.17, 15) is 23.3 Å². The molecule has 0 aromatic heterocycles. The van der Waals surface area contributed by atoms with Crippen LogP contribution in [0, 0.1) is 16.0 Å². The molecule has 10 nitrogen and oxygen atoms in total. The first-order valence-electron chi connectivity index (χ1n) is 9.99. The van der Waals surface area contributed by atoms with Crippen molar-refractivity contribution in [1.82, 2.24) is 4.31 Å². The number of carbonyl (C=O) groups is 1. The van der Waals surface area contributed by atoms with Crippen LogP contribution in [0.25, 0.3) is 0 Å². The van der Waals surface area contributed by atoms with Crippen molar-refractivity contribution in [2.24, 2.45) is 5.92 Å². The fourth-order valence-corrected chi connectivity index (χ4v) is 5.22. The Bertz CT molecular complexity index is 1120. The van der Waals surface area contributed by atoms with Crippen LogP contribution >= 0.6 is 0 Å². The van der Waals surface area contributed by atoms with Gasteiger partial charge < -0.3 is 14.8 Å². The van der Waals surface area contributed by atoms with E-state index in [0.717, 1.165) is 18.9 Å². The number of methoxy groups -OCH3 is 2. The average molecular weight is 464 g/mol. The van der Waals surface area contributed by atoms with Crippen LogP contribution < -0.4 is 14.8 Å². The summed E-state index contributed by atoms with van der Waals surface area (Å²) < 4.78 is 37.4. The van der Waals surface area contributed by atoms with E-state index in [2.05, 4.69) is 5.32 Å². The Kier molecular flexibility index (Phi) is 6.99. The topological polar surface area (TPSA) is 128 Å². The molecule has 1 aliphatic rings. The summed E-state index contributed by atoms with van der Waals surface area (Å²) in [5.41, 5.74) is -0.365. The van der Waals surface area contributed by atoms with Crippen LogP contribution in [0.5, 0.6) is 11.5 Å². The molecule has 0 spiro atoms. The van der Waals surface area contributed by atoms with E-state index in [4.69, 9.17) is 9.47 Å². The van der Waals surface area contributed by atoms with Crippen molar-refractivity contribution >= 4 is 27.3 Å². The lowest BCUT2D eigenvalue weighted by molar-refractivity contribution is -0.385. The summed E-state index contributed by atoms with van der Waals surface area (Å²) in [5, 5.41) is 14.0. The highest BCUT2D eigenvalue weighted by atomic mass is 32.2. The summed E-state index contributed by atoms with van der Waals surface area (Å²) in [6.07, 6.45) is 1.82. The van der Waals surface area contributed by atoms with Crippen LogP contribution in [0.15, 0.2) is 41.3 Å². The molecular formula is C21H25N3O7S. The van der Waals surface area contributed by atoms with Crippen molar-refractivity contribution in [3.63, 3.8) is 0 Å². The van der Waals surface area contributed by atoms with Gasteiger partial charge in [0.15, 0.2) is 11.5 Å². The van der Waals surface area contributed by atoms with Crippen LogP contribution in [-0.4, -0.2) is 50.9 Å². The molecule has 0 saturated carbocycles. The number of amides is 1. The van der Waals surface area contributed by atoms with Gasteiger partial charge in [0, 0.05) is 24.8 Å². The highest BCUT2D eigenvalue weighted by Gasteiger charge is 2.29. The molecule has 1 N–H and O–H groups in total. The zero-order chi connectivity index (χ0) is 23.5. The van der Waals surface area contributed by atoms with Crippen molar-refractivity contribution in [1.29, 1.82) is 0 Å². The third kappa shape index (κ3) is 4.83. The second-order valence-corrected chi connectivity index (χ2v) is 9.51. The van der Waals surface area contributed by atoms with Crippen LogP contribution in [0.4, 0.5) is 11.4 Å². The molecule has 1 aliphatic heterocycles. The molecule has 11 heteroatoms. The number of sulfonamides is 1. The van der Waals surface area contributed by atoms with Gasteiger partial charge in [0.1, 0.15) is 5.56 Å². The number of nitrogens with zero attached hydrogens (tertiary/aromatic N) is 2. The Morgan fingerprint density at radius 2 is 1.78 bits per heavy atom. The van der Waals surface area contributed by atoms with E-state index in [1.807, 2.05) is 6.92 Å².